The van der Waals surface area contributed by atoms with E-state index in [0.717, 1.165) is 5.69 Å². The highest BCUT2D eigenvalue weighted by Gasteiger charge is 2.50. The zero-order chi connectivity index (χ0) is 13.9. The molecule has 19 heavy (non-hydrogen) atoms. The number of rotatable bonds is 6. The third-order valence-corrected chi connectivity index (χ3v) is 3.48. The molecule has 1 fully saturated rings. The van der Waals surface area contributed by atoms with Crippen molar-refractivity contribution < 1.29 is 14.7 Å². The number of nitrogens with zero attached hydrogens (tertiary/aromatic N) is 2. The van der Waals surface area contributed by atoms with E-state index in [2.05, 4.69) is 15.7 Å². The van der Waals surface area contributed by atoms with Crippen molar-refractivity contribution in [2.45, 2.75) is 19.3 Å². The standard InChI is InChI=1S/C12H18N4O3/c1-16-9(3-7-15-16)2-6-13-11(19)14-8-12(4-5-12)10(17)18/h3,7H,2,4-6,8H2,1H3,(H,17,18)(H2,13,14,19). The number of aromatic nitrogens is 2. The van der Waals surface area contributed by atoms with Crippen LogP contribution in [0.3, 0.4) is 0 Å². The Morgan fingerprint density at radius 2 is 2.21 bits per heavy atom. The second-order valence-corrected chi connectivity index (χ2v) is 4.89. The Hall–Kier alpha value is -2.05. The van der Waals surface area contributed by atoms with Crippen LogP contribution >= 0.6 is 0 Å². The van der Waals surface area contributed by atoms with Gasteiger partial charge in [-0.2, -0.15) is 5.10 Å². The average molecular weight is 266 g/mol. The van der Waals surface area contributed by atoms with Gasteiger partial charge in [-0.1, -0.05) is 0 Å². The molecule has 1 aromatic heterocycles. The van der Waals surface area contributed by atoms with Crippen molar-refractivity contribution in [2.75, 3.05) is 13.1 Å². The van der Waals surface area contributed by atoms with Gasteiger partial charge in [-0.25, -0.2) is 4.79 Å². The van der Waals surface area contributed by atoms with Crippen LogP contribution < -0.4 is 10.6 Å². The molecule has 0 radical (unpaired) electrons. The number of carboxylic acid groups (broad SMARTS) is 1. The van der Waals surface area contributed by atoms with Crippen LogP contribution in [0.2, 0.25) is 0 Å². The molecule has 1 heterocycles. The van der Waals surface area contributed by atoms with Gasteiger partial charge < -0.3 is 15.7 Å². The van der Waals surface area contributed by atoms with Crippen molar-refractivity contribution in [1.29, 1.82) is 0 Å². The molecular weight excluding hydrogens is 248 g/mol. The zero-order valence-corrected chi connectivity index (χ0v) is 10.8. The van der Waals surface area contributed by atoms with E-state index in [4.69, 9.17) is 5.11 Å². The minimum absolute atomic E-state index is 0.194. The third-order valence-electron chi connectivity index (χ3n) is 3.48. The number of carboxylic acids is 1. The maximum Gasteiger partial charge on any atom is 0.314 e. The molecule has 1 saturated carbocycles. The van der Waals surface area contributed by atoms with Gasteiger partial charge in [0.1, 0.15) is 0 Å². The molecule has 0 spiro atoms. The van der Waals surface area contributed by atoms with E-state index in [1.54, 1.807) is 10.9 Å². The molecule has 1 aliphatic rings. The van der Waals surface area contributed by atoms with Gasteiger partial charge in [-0.15, -0.1) is 0 Å². The molecule has 0 bridgehead atoms. The summed E-state index contributed by atoms with van der Waals surface area (Å²) in [6.45, 7) is 0.686. The van der Waals surface area contributed by atoms with Gasteiger partial charge in [0.15, 0.2) is 0 Å². The summed E-state index contributed by atoms with van der Waals surface area (Å²) in [6.07, 6.45) is 3.67. The number of urea groups is 1. The quantitative estimate of drug-likeness (QED) is 0.681. The molecule has 1 aliphatic carbocycles. The van der Waals surface area contributed by atoms with Crippen molar-refractivity contribution >= 4 is 12.0 Å². The fourth-order valence-electron chi connectivity index (χ4n) is 1.88. The summed E-state index contributed by atoms with van der Waals surface area (Å²) in [5.74, 6) is -0.831. The van der Waals surface area contributed by atoms with E-state index in [1.165, 1.54) is 0 Å². The third kappa shape index (κ3) is 3.24. The van der Waals surface area contributed by atoms with Crippen LogP contribution in [-0.2, 0) is 18.3 Å². The largest absolute Gasteiger partial charge is 0.481 e. The summed E-state index contributed by atoms with van der Waals surface area (Å²) in [5, 5.41) is 18.3. The topological polar surface area (TPSA) is 96.3 Å². The smallest absolute Gasteiger partial charge is 0.314 e. The number of carbonyl (C=O) groups is 2. The van der Waals surface area contributed by atoms with Crippen molar-refractivity contribution in [3.63, 3.8) is 0 Å². The molecule has 104 valence electrons. The second-order valence-electron chi connectivity index (χ2n) is 4.89. The van der Waals surface area contributed by atoms with Crippen LogP contribution in [0.5, 0.6) is 0 Å². The molecule has 2 rings (SSSR count). The summed E-state index contributed by atoms with van der Waals surface area (Å²) in [6, 6.07) is 1.57. The molecule has 7 nitrogen and oxygen atoms in total. The Kier molecular flexibility index (Phi) is 3.73. The van der Waals surface area contributed by atoms with E-state index < -0.39 is 11.4 Å². The van der Waals surface area contributed by atoms with Crippen molar-refractivity contribution in [2.24, 2.45) is 12.5 Å². The Balaban J connectivity index is 1.65. The fourth-order valence-corrected chi connectivity index (χ4v) is 1.88. The van der Waals surface area contributed by atoms with Crippen LogP contribution in [0.4, 0.5) is 4.79 Å². The average Bonchev–Trinajstić information content (AvgIpc) is 3.06. The summed E-state index contributed by atoms with van der Waals surface area (Å²) in [4.78, 5) is 22.4. The number of nitrogens with one attached hydrogen (secondary N) is 2. The first-order valence-electron chi connectivity index (χ1n) is 6.25. The van der Waals surface area contributed by atoms with Gasteiger partial charge in [-0.05, 0) is 18.9 Å². The van der Waals surface area contributed by atoms with E-state index in [1.807, 2.05) is 13.1 Å². The predicted octanol–water partition coefficient (Wildman–Crippen LogP) is 0.127. The Morgan fingerprint density at radius 1 is 1.47 bits per heavy atom. The van der Waals surface area contributed by atoms with E-state index >= 15 is 0 Å². The van der Waals surface area contributed by atoms with Gasteiger partial charge in [0.2, 0.25) is 0 Å². The zero-order valence-electron chi connectivity index (χ0n) is 10.8. The number of aryl methyl sites for hydroxylation is 1. The molecule has 0 unspecified atom stereocenters. The fraction of sp³-hybridized carbons (Fsp3) is 0.583. The molecule has 0 aliphatic heterocycles. The lowest BCUT2D eigenvalue weighted by Crippen LogP contribution is -2.41. The van der Waals surface area contributed by atoms with Crippen molar-refractivity contribution in [3.05, 3.63) is 18.0 Å². The highest BCUT2D eigenvalue weighted by atomic mass is 16.4. The Labute approximate surface area is 111 Å². The molecule has 0 atom stereocenters. The summed E-state index contributed by atoms with van der Waals surface area (Å²) in [7, 11) is 1.85. The lowest BCUT2D eigenvalue weighted by Gasteiger charge is -2.12. The minimum Gasteiger partial charge on any atom is -0.481 e. The van der Waals surface area contributed by atoms with Crippen LogP contribution in [0, 0.1) is 5.41 Å². The molecule has 7 heteroatoms. The van der Waals surface area contributed by atoms with Gasteiger partial charge in [0.25, 0.3) is 0 Å². The SMILES string of the molecule is Cn1nccc1CCNC(=O)NCC1(C(=O)O)CC1. The lowest BCUT2D eigenvalue weighted by atomic mass is 10.1. The minimum atomic E-state index is -0.831. The normalized spacial score (nSPS) is 15.8. The second kappa shape index (κ2) is 5.29. The van der Waals surface area contributed by atoms with Gasteiger partial charge in [0.05, 0.1) is 5.41 Å². The summed E-state index contributed by atoms with van der Waals surface area (Å²) in [5.41, 5.74) is 0.309. The van der Waals surface area contributed by atoms with Gasteiger partial charge in [-0.3, -0.25) is 9.48 Å². The number of aliphatic carboxylic acids is 1. The number of carbonyl (C=O) groups excluding carboxylic acids is 1. The first-order chi connectivity index (χ1) is 9.03. The highest BCUT2D eigenvalue weighted by Crippen LogP contribution is 2.45. The lowest BCUT2D eigenvalue weighted by molar-refractivity contribution is -0.143. The molecule has 1 aromatic rings. The van der Waals surface area contributed by atoms with E-state index in [-0.39, 0.29) is 12.6 Å². The summed E-state index contributed by atoms with van der Waals surface area (Å²) < 4.78 is 1.75. The maximum atomic E-state index is 11.5. The van der Waals surface area contributed by atoms with Crippen LogP contribution in [0.1, 0.15) is 18.5 Å². The predicted molar refractivity (Wildman–Crippen MR) is 67.6 cm³/mol. The van der Waals surface area contributed by atoms with Gasteiger partial charge >= 0.3 is 12.0 Å². The molecule has 0 aromatic carbocycles. The summed E-state index contributed by atoms with van der Waals surface area (Å²) >= 11 is 0. The van der Waals surface area contributed by atoms with Crippen molar-refractivity contribution in [1.82, 2.24) is 20.4 Å². The number of hydrogen-bond donors (Lipinski definition) is 3. The van der Waals surface area contributed by atoms with Crippen LogP contribution in [0.25, 0.3) is 0 Å². The monoisotopic (exact) mass is 266 g/mol. The Morgan fingerprint density at radius 3 is 2.74 bits per heavy atom. The number of amides is 2. The highest BCUT2D eigenvalue weighted by molar-refractivity contribution is 5.80. The molecule has 0 saturated heterocycles. The first kappa shape index (κ1) is 13.4. The molecule has 2 amide bonds. The Bertz CT molecular complexity index is 479. The first-order valence-corrected chi connectivity index (χ1v) is 6.25. The molecule has 3 N–H and O–H groups in total. The van der Waals surface area contributed by atoms with Crippen molar-refractivity contribution in [3.8, 4) is 0 Å². The van der Waals surface area contributed by atoms with Gasteiger partial charge in [0, 0.05) is 38.4 Å². The number of hydrogen-bond acceptors (Lipinski definition) is 3. The van der Waals surface area contributed by atoms with E-state index in [9.17, 15) is 9.59 Å². The van der Waals surface area contributed by atoms with Crippen LogP contribution in [-0.4, -0.2) is 40.0 Å². The molecular formula is C12H18N4O3. The van der Waals surface area contributed by atoms with Crippen LogP contribution in [0.15, 0.2) is 12.3 Å². The van der Waals surface area contributed by atoms with E-state index in [0.29, 0.717) is 25.8 Å². The maximum absolute atomic E-state index is 11.5.